The summed E-state index contributed by atoms with van der Waals surface area (Å²) >= 11 is 0. The van der Waals surface area contributed by atoms with Gasteiger partial charge in [0.2, 0.25) is 0 Å². The molecule has 1 N–H and O–H groups in total. The predicted octanol–water partition coefficient (Wildman–Crippen LogP) is 3.86. The van der Waals surface area contributed by atoms with Crippen molar-refractivity contribution in [2.75, 3.05) is 6.61 Å². The molecule has 1 heteroatoms. The summed E-state index contributed by atoms with van der Waals surface area (Å²) < 4.78 is 0. The fourth-order valence-electron chi connectivity index (χ4n) is 1.13. The lowest BCUT2D eigenvalue weighted by Crippen LogP contribution is -1.67. The van der Waals surface area contributed by atoms with E-state index in [1.54, 1.807) is 6.92 Å². The van der Waals surface area contributed by atoms with Crippen LogP contribution in [0.5, 0.6) is 0 Å². The predicted molar refractivity (Wildman–Crippen MR) is 68.1 cm³/mol. The zero-order valence-corrected chi connectivity index (χ0v) is 9.77. The lowest BCUT2D eigenvalue weighted by atomic mass is 10.1. The Balaban J connectivity index is 0.000000342. The van der Waals surface area contributed by atoms with Crippen molar-refractivity contribution in [3.8, 4) is 0 Å². The topological polar surface area (TPSA) is 20.2 Å². The highest BCUT2D eigenvalue weighted by Crippen LogP contribution is 2.11. The number of hydrogen-bond acceptors (Lipinski definition) is 1. The van der Waals surface area contributed by atoms with Crippen molar-refractivity contribution in [3.63, 3.8) is 0 Å². The van der Waals surface area contributed by atoms with Gasteiger partial charge in [-0.3, -0.25) is 0 Å². The van der Waals surface area contributed by atoms with Crippen molar-refractivity contribution in [2.45, 2.75) is 20.8 Å². The summed E-state index contributed by atoms with van der Waals surface area (Å²) in [7, 11) is 0. The molecule has 0 unspecified atom stereocenters. The van der Waals surface area contributed by atoms with Crippen LogP contribution in [0.15, 0.2) is 48.5 Å². The summed E-state index contributed by atoms with van der Waals surface area (Å²) in [5.41, 5.74) is 0. The zero-order chi connectivity index (χ0) is 11.5. The molecule has 15 heavy (non-hydrogen) atoms. The van der Waals surface area contributed by atoms with Crippen LogP contribution in [-0.4, -0.2) is 11.7 Å². The maximum Gasteiger partial charge on any atom is 0.0402 e. The van der Waals surface area contributed by atoms with E-state index >= 15 is 0 Å². The zero-order valence-electron chi connectivity index (χ0n) is 9.77. The molecule has 0 radical (unpaired) electrons. The molecule has 82 valence electrons. The van der Waals surface area contributed by atoms with Gasteiger partial charge >= 0.3 is 0 Å². The Morgan fingerprint density at radius 2 is 1.00 bits per heavy atom. The van der Waals surface area contributed by atoms with Gasteiger partial charge in [0, 0.05) is 6.61 Å². The quantitative estimate of drug-likeness (QED) is 0.690. The molecule has 0 aliphatic heterocycles. The van der Waals surface area contributed by atoms with Gasteiger partial charge in [-0.25, -0.2) is 0 Å². The van der Waals surface area contributed by atoms with Gasteiger partial charge in [-0.15, -0.1) is 0 Å². The van der Waals surface area contributed by atoms with E-state index in [-0.39, 0.29) is 6.61 Å². The Bertz CT molecular complexity index is 290. The van der Waals surface area contributed by atoms with E-state index in [0.29, 0.717) is 0 Å². The number of fused-ring (bicyclic) bond motifs is 1. The minimum absolute atomic E-state index is 0.250. The fourth-order valence-corrected chi connectivity index (χ4v) is 1.13. The normalized spacial score (nSPS) is 8.27. The minimum atomic E-state index is 0.250. The number of aliphatic hydroxyl groups is 1. The van der Waals surface area contributed by atoms with Crippen molar-refractivity contribution in [1.82, 2.24) is 0 Å². The SMILES string of the molecule is CC.CCO.c1ccc2ccccc2c1. The second kappa shape index (κ2) is 9.22. The Morgan fingerprint density at radius 1 is 0.800 bits per heavy atom. The largest absolute Gasteiger partial charge is 0.397 e. The van der Waals surface area contributed by atoms with Crippen LogP contribution >= 0.6 is 0 Å². The monoisotopic (exact) mass is 204 g/mol. The molecule has 0 amide bonds. The molecular formula is C14H20O. The van der Waals surface area contributed by atoms with Gasteiger partial charge in [-0.1, -0.05) is 62.4 Å². The Kier molecular flexibility index (Phi) is 8.40. The Hall–Kier alpha value is -1.34. The van der Waals surface area contributed by atoms with Crippen LogP contribution in [0.3, 0.4) is 0 Å². The highest BCUT2D eigenvalue weighted by Gasteiger charge is 1.85. The van der Waals surface area contributed by atoms with Gasteiger partial charge < -0.3 is 5.11 Å². The van der Waals surface area contributed by atoms with Gasteiger partial charge in [0.15, 0.2) is 0 Å². The maximum atomic E-state index is 7.57. The third-order valence-corrected chi connectivity index (χ3v) is 1.66. The first-order valence-electron chi connectivity index (χ1n) is 5.43. The van der Waals surface area contributed by atoms with Gasteiger partial charge in [-0.2, -0.15) is 0 Å². The van der Waals surface area contributed by atoms with E-state index in [1.165, 1.54) is 10.8 Å². The summed E-state index contributed by atoms with van der Waals surface area (Å²) in [6.45, 7) is 5.93. The average Bonchev–Trinajstić information content (AvgIpc) is 2.33. The molecule has 0 aliphatic rings. The summed E-state index contributed by atoms with van der Waals surface area (Å²) in [5, 5.41) is 10.2. The van der Waals surface area contributed by atoms with Crippen molar-refractivity contribution in [2.24, 2.45) is 0 Å². The van der Waals surface area contributed by atoms with Gasteiger partial charge in [0.05, 0.1) is 0 Å². The van der Waals surface area contributed by atoms with E-state index < -0.39 is 0 Å². The number of hydrogen-bond donors (Lipinski definition) is 1. The average molecular weight is 204 g/mol. The molecule has 0 fully saturated rings. The van der Waals surface area contributed by atoms with Crippen LogP contribution in [0, 0.1) is 0 Å². The first-order chi connectivity index (χ1) is 7.38. The van der Waals surface area contributed by atoms with Crippen molar-refractivity contribution >= 4 is 10.8 Å². The van der Waals surface area contributed by atoms with Crippen LogP contribution in [0.4, 0.5) is 0 Å². The number of benzene rings is 2. The highest BCUT2D eigenvalue weighted by molar-refractivity contribution is 5.81. The van der Waals surface area contributed by atoms with Gasteiger partial charge in [-0.05, 0) is 17.7 Å². The Labute approximate surface area is 92.4 Å². The lowest BCUT2D eigenvalue weighted by molar-refractivity contribution is 0.318. The lowest BCUT2D eigenvalue weighted by Gasteiger charge is -1.92. The van der Waals surface area contributed by atoms with E-state index in [2.05, 4.69) is 48.5 Å². The van der Waals surface area contributed by atoms with Crippen LogP contribution in [0.1, 0.15) is 20.8 Å². The van der Waals surface area contributed by atoms with Crippen LogP contribution in [-0.2, 0) is 0 Å². The minimum Gasteiger partial charge on any atom is -0.397 e. The van der Waals surface area contributed by atoms with Crippen molar-refractivity contribution < 1.29 is 5.11 Å². The molecule has 0 bridgehead atoms. The maximum absolute atomic E-state index is 7.57. The van der Waals surface area contributed by atoms with Gasteiger partial charge in [0.1, 0.15) is 0 Å². The molecule has 2 aromatic rings. The standard InChI is InChI=1S/C10H8.C2H6O.C2H6/c1-2-6-10-8-4-3-7-9(10)5-1;1-2-3;1-2/h1-8H;3H,2H2,1H3;1-2H3. The van der Waals surface area contributed by atoms with Gasteiger partial charge in [0.25, 0.3) is 0 Å². The highest BCUT2D eigenvalue weighted by atomic mass is 16.2. The molecule has 0 aliphatic carbocycles. The summed E-state index contributed by atoms with van der Waals surface area (Å²) in [6, 6.07) is 16.7. The molecular weight excluding hydrogens is 184 g/mol. The second-order valence-electron chi connectivity index (χ2n) is 2.66. The molecule has 0 saturated carbocycles. The third-order valence-electron chi connectivity index (χ3n) is 1.66. The van der Waals surface area contributed by atoms with E-state index in [9.17, 15) is 0 Å². The molecule has 1 nitrogen and oxygen atoms in total. The molecule has 0 saturated heterocycles. The molecule has 2 aromatic carbocycles. The van der Waals surface area contributed by atoms with Crippen LogP contribution < -0.4 is 0 Å². The second-order valence-corrected chi connectivity index (χ2v) is 2.66. The van der Waals surface area contributed by atoms with E-state index in [1.807, 2.05) is 13.8 Å². The summed E-state index contributed by atoms with van der Waals surface area (Å²) in [6.07, 6.45) is 0. The van der Waals surface area contributed by atoms with Crippen molar-refractivity contribution in [1.29, 1.82) is 0 Å². The number of rotatable bonds is 0. The smallest absolute Gasteiger partial charge is 0.0402 e. The molecule has 2 rings (SSSR count). The first-order valence-corrected chi connectivity index (χ1v) is 5.43. The van der Waals surface area contributed by atoms with Crippen molar-refractivity contribution in [3.05, 3.63) is 48.5 Å². The van der Waals surface area contributed by atoms with E-state index in [4.69, 9.17) is 5.11 Å². The first kappa shape index (κ1) is 13.7. The van der Waals surface area contributed by atoms with E-state index in [0.717, 1.165) is 0 Å². The molecule has 0 spiro atoms. The van der Waals surface area contributed by atoms with Crippen LogP contribution in [0.2, 0.25) is 0 Å². The van der Waals surface area contributed by atoms with Crippen LogP contribution in [0.25, 0.3) is 10.8 Å². The summed E-state index contributed by atoms with van der Waals surface area (Å²) in [5.74, 6) is 0. The number of aliphatic hydroxyl groups excluding tert-OH is 1. The fraction of sp³-hybridized carbons (Fsp3) is 0.286. The Morgan fingerprint density at radius 3 is 1.20 bits per heavy atom. The third kappa shape index (κ3) is 5.18. The molecule has 0 heterocycles. The molecule has 0 atom stereocenters. The summed E-state index contributed by atoms with van der Waals surface area (Å²) in [4.78, 5) is 0. The molecule has 0 aromatic heterocycles.